The van der Waals surface area contributed by atoms with Gasteiger partial charge in [0, 0.05) is 29.7 Å². The molecule has 0 fully saturated rings. The highest BCUT2D eigenvalue weighted by Gasteiger charge is 2.14. The van der Waals surface area contributed by atoms with E-state index in [2.05, 4.69) is 9.97 Å². The van der Waals surface area contributed by atoms with Crippen LogP contribution in [0.3, 0.4) is 0 Å². The molecule has 0 aliphatic carbocycles. The van der Waals surface area contributed by atoms with E-state index in [9.17, 15) is 0 Å². The first-order valence-electron chi connectivity index (χ1n) is 9.04. The minimum absolute atomic E-state index is 0.564. The van der Waals surface area contributed by atoms with Crippen LogP contribution in [-0.2, 0) is 6.42 Å². The van der Waals surface area contributed by atoms with E-state index < -0.39 is 0 Å². The maximum Gasteiger partial charge on any atom is 0.213 e. The second kappa shape index (κ2) is 9.60. The molecule has 2 heterocycles. The lowest BCUT2D eigenvalue weighted by atomic mass is 10.1. The highest BCUT2D eigenvalue weighted by atomic mass is 16.5. The molecule has 0 atom stereocenters. The monoisotopic (exact) mass is 380 g/mol. The molecule has 3 aromatic rings. The second-order valence-corrected chi connectivity index (χ2v) is 6.07. The Morgan fingerprint density at radius 3 is 2.18 bits per heavy atom. The van der Waals surface area contributed by atoms with Gasteiger partial charge in [0.25, 0.3) is 0 Å². The molecular weight excluding hydrogens is 356 g/mol. The van der Waals surface area contributed by atoms with Crippen molar-refractivity contribution in [2.24, 2.45) is 0 Å². The first-order chi connectivity index (χ1) is 13.7. The summed E-state index contributed by atoms with van der Waals surface area (Å²) >= 11 is 0. The molecular formula is C22H24N2O4. The van der Waals surface area contributed by atoms with Gasteiger partial charge >= 0.3 is 0 Å². The van der Waals surface area contributed by atoms with Crippen LogP contribution in [0.1, 0.15) is 12.1 Å². The van der Waals surface area contributed by atoms with Crippen LogP contribution in [0.25, 0.3) is 11.1 Å². The first-order valence-corrected chi connectivity index (χ1v) is 9.04. The normalized spacial score (nSPS) is 10.4. The largest absolute Gasteiger partial charge is 0.493 e. The van der Waals surface area contributed by atoms with Crippen molar-refractivity contribution in [1.29, 1.82) is 0 Å². The maximum atomic E-state index is 5.74. The average molecular weight is 380 g/mol. The molecule has 6 nitrogen and oxygen atoms in total. The molecule has 0 spiro atoms. The number of rotatable bonds is 9. The predicted molar refractivity (Wildman–Crippen MR) is 107 cm³/mol. The topological polar surface area (TPSA) is 62.7 Å². The van der Waals surface area contributed by atoms with Crippen LogP contribution < -0.4 is 18.9 Å². The lowest BCUT2D eigenvalue weighted by Gasteiger charge is -2.14. The van der Waals surface area contributed by atoms with Gasteiger partial charge in [-0.2, -0.15) is 0 Å². The van der Waals surface area contributed by atoms with Crippen LogP contribution in [0, 0.1) is 0 Å². The van der Waals surface area contributed by atoms with E-state index in [0.29, 0.717) is 29.7 Å². The quantitative estimate of drug-likeness (QED) is 0.519. The summed E-state index contributed by atoms with van der Waals surface area (Å²) in [5.74, 6) is 2.37. The molecule has 1 aromatic carbocycles. The Labute approximate surface area is 165 Å². The number of benzene rings is 1. The van der Waals surface area contributed by atoms with Crippen molar-refractivity contribution in [2.45, 2.75) is 12.8 Å². The van der Waals surface area contributed by atoms with Crippen LogP contribution in [0.4, 0.5) is 0 Å². The fraction of sp³-hybridized carbons (Fsp3) is 0.273. The first kappa shape index (κ1) is 19.5. The molecule has 0 amide bonds. The Morgan fingerprint density at radius 2 is 1.61 bits per heavy atom. The third-order valence-electron chi connectivity index (χ3n) is 4.29. The van der Waals surface area contributed by atoms with Crippen molar-refractivity contribution in [3.63, 3.8) is 0 Å². The van der Waals surface area contributed by atoms with Crippen LogP contribution in [0.2, 0.25) is 0 Å². The molecule has 0 saturated heterocycles. The van der Waals surface area contributed by atoms with Crippen LogP contribution in [0.15, 0.2) is 54.9 Å². The van der Waals surface area contributed by atoms with Gasteiger partial charge in [0.1, 0.15) is 0 Å². The molecule has 0 unspecified atom stereocenters. The summed E-state index contributed by atoms with van der Waals surface area (Å²) in [6.07, 6.45) is 5.34. The van der Waals surface area contributed by atoms with Gasteiger partial charge in [0.2, 0.25) is 11.6 Å². The third kappa shape index (κ3) is 4.71. The molecule has 28 heavy (non-hydrogen) atoms. The summed E-state index contributed by atoms with van der Waals surface area (Å²) in [4.78, 5) is 8.71. The summed E-state index contributed by atoms with van der Waals surface area (Å²) in [6, 6.07) is 13.5. The van der Waals surface area contributed by atoms with Crippen LogP contribution >= 0.6 is 0 Å². The molecule has 0 aliphatic rings. The number of methoxy groups -OCH3 is 3. The van der Waals surface area contributed by atoms with Gasteiger partial charge in [0.05, 0.1) is 27.9 Å². The molecule has 0 N–H and O–H groups in total. The van der Waals surface area contributed by atoms with Gasteiger partial charge in [-0.25, -0.2) is 4.98 Å². The number of hydrogen-bond donors (Lipinski definition) is 0. The number of hydrogen-bond acceptors (Lipinski definition) is 6. The van der Waals surface area contributed by atoms with Gasteiger partial charge in [-0.15, -0.1) is 0 Å². The summed E-state index contributed by atoms with van der Waals surface area (Å²) in [5, 5.41) is 0. The zero-order valence-corrected chi connectivity index (χ0v) is 16.3. The van der Waals surface area contributed by atoms with Gasteiger partial charge < -0.3 is 18.9 Å². The predicted octanol–water partition coefficient (Wildman–Crippen LogP) is 4.18. The third-order valence-corrected chi connectivity index (χ3v) is 4.29. The standard InChI is InChI=1S/C22H24N2O4/c1-25-19-13-17(14-20(26-2)22(19)27-3)16-9-10-21(24-15-16)28-12-6-8-18-7-4-5-11-23-18/h4-5,7,9-11,13-15H,6,8,12H2,1-3H3. The summed E-state index contributed by atoms with van der Waals surface area (Å²) in [5.41, 5.74) is 2.92. The highest BCUT2D eigenvalue weighted by Crippen LogP contribution is 2.41. The van der Waals surface area contributed by atoms with Crippen molar-refractivity contribution in [3.8, 4) is 34.3 Å². The van der Waals surface area contributed by atoms with Gasteiger partial charge in [-0.05, 0) is 48.7 Å². The fourth-order valence-electron chi connectivity index (χ4n) is 2.86. The van der Waals surface area contributed by atoms with Crippen LogP contribution in [-0.4, -0.2) is 37.9 Å². The number of aromatic nitrogens is 2. The Balaban J connectivity index is 1.64. The van der Waals surface area contributed by atoms with Crippen LogP contribution in [0.5, 0.6) is 23.1 Å². The minimum Gasteiger partial charge on any atom is -0.493 e. The number of ether oxygens (including phenoxy) is 4. The van der Waals surface area contributed by atoms with Crippen molar-refractivity contribution >= 4 is 0 Å². The number of pyridine rings is 2. The van der Waals surface area contributed by atoms with Gasteiger partial charge in [0.15, 0.2) is 11.5 Å². The van der Waals surface area contributed by atoms with E-state index >= 15 is 0 Å². The molecule has 0 bridgehead atoms. The zero-order valence-electron chi connectivity index (χ0n) is 16.3. The SMILES string of the molecule is COc1cc(-c2ccc(OCCCc3ccccn3)nc2)cc(OC)c1OC. The molecule has 2 aromatic heterocycles. The Morgan fingerprint density at radius 1 is 0.821 bits per heavy atom. The van der Waals surface area contributed by atoms with E-state index in [1.807, 2.05) is 42.5 Å². The Bertz CT molecular complexity index is 858. The molecule has 146 valence electrons. The zero-order chi connectivity index (χ0) is 19.8. The van der Waals surface area contributed by atoms with E-state index in [1.165, 1.54) is 0 Å². The smallest absolute Gasteiger partial charge is 0.213 e. The second-order valence-electron chi connectivity index (χ2n) is 6.07. The van der Waals surface area contributed by atoms with E-state index in [-0.39, 0.29) is 0 Å². The fourth-order valence-corrected chi connectivity index (χ4v) is 2.86. The Hall–Kier alpha value is -3.28. The summed E-state index contributed by atoms with van der Waals surface area (Å²) in [6.45, 7) is 0.590. The molecule has 3 rings (SSSR count). The lowest BCUT2D eigenvalue weighted by Crippen LogP contribution is -2.01. The molecule has 0 saturated carbocycles. The van der Waals surface area contributed by atoms with Gasteiger partial charge in [-0.3, -0.25) is 4.98 Å². The number of nitrogens with zero attached hydrogens (tertiary/aromatic N) is 2. The van der Waals surface area contributed by atoms with E-state index in [4.69, 9.17) is 18.9 Å². The van der Waals surface area contributed by atoms with Crippen molar-refractivity contribution in [3.05, 3.63) is 60.6 Å². The minimum atomic E-state index is 0.564. The number of aryl methyl sites for hydroxylation is 1. The molecule has 0 radical (unpaired) electrons. The molecule has 0 aliphatic heterocycles. The van der Waals surface area contributed by atoms with E-state index in [1.54, 1.807) is 33.7 Å². The summed E-state index contributed by atoms with van der Waals surface area (Å²) < 4.78 is 21.9. The maximum absolute atomic E-state index is 5.74. The van der Waals surface area contributed by atoms with Crippen molar-refractivity contribution in [2.75, 3.05) is 27.9 Å². The lowest BCUT2D eigenvalue weighted by molar-refractivity contribution is 0.299. The summed E-state index contributed by atoms with van der Waals surface area (Å²) in [7, 11) is 4.78. The van der Waals surface area contributed by atoms with Gasteiger partial charge in [-0.1, -0.05) is 6.07 Å². The highest BCUT2D eigenvalue weighted by molar-refractivity contribution is 5.70. The van der Waals surface area contributed by atoms with E-state index in [0.717, 1.165) is 29.7 Å². The Kier molecular flexibility index (Phi) is 6.68. The molecule has 6 heteroatoms. The van der Waals surface area contributed by atoms with Crippen molar-refractivity contribution < 1.29 is 18.9 Å². The van der Waals surface area contributed by atoms with Crippen molar-refractivity contribution in [1.82, 2.24) is 9.97 Å². The average Bonchev–Trinajstić information content (AvgIpc) is 2.76.